The molecule has 5 nitrogen and oxygen atoms in total. The van der Waals surface area contributed by atoms with E-state index in [1.807, 2.05) is 0 Å². The molecule has 1 N–H and O–H groups in total. The minimum Gasteiger partial charge on any atom is -0.477 e. The summed E-state index contributed by atoms with van der Waals surface area (Å²) in [6, 6.07) is 3.13. The molecule has 1 aromatic heterocycles. The summed E-state index contributed by atoms with van der Waals surface area (Å²) in [6.07, 6.45) is 1.42. The summed E-state index contributed by atoms with van der Waals surface area (Å²) in [5.41, 5.74) is -0.0118. The van der Waals surface area contributed by atoms with Crippen LogP contribution < -0.4 is 0 Å². The van der Waals surface area contributed by atoms with Gasteiger partial charge in [-0.15, -0.1) is 11.8 Å². The van der Waals surface area contributed by atoms with Crippen molar-refractivity contribution in [2.75, 3.05) is 19.8 Å². The van der Waals surface area contributed by atoms with Crippen LogP contribution in [0, 0.1) is 0 Å². The Kier molecular flexibility index (Phi) is 4.30. The average Bonchev–Trinajstić information content (AvgIpc) is 2.26. The lowest BCUT2D eigenvalue weighted by atomic mass is 10.3. The maximum absolute atomic E-state index is 11.3. The van der Waals surface area contributed by atoms with Crippen LogP contribution in [0.5, 0.6) is 0 Å². The maximum Gasteiger partial charge on any atom is 0.354 e. The number of aromatic carboxylic acids is 1. The third-order valence-electron chi connectivity index (χ3n) is 1.81. The Morgan fingerprint density at radius 2 is 2.19 bits per heavy atom. The van der Waals surface area contributed by atoms with Crippen molar-refractivity contribution in [3.8, 4) is 0 Å². The normalized spacial score (nSPS) is 9.88. The van der Waals surface area contributed by atoms with Crippen LogP contribution in [-0.4, -0.2) is 46.7 Å². The van der Waals surface area contributed by atoms with Gasteiger partial charge >= 0.3 is 5.97 Å². The molecule has 1 heterocycles. The molecule has 0 fully saturated rings. The number of pyridine rings is 1. The van der Waals surface area contributed by atoms with Crippen LogP contribution in [0.25, 0.3) is 0 Å². The van der Waals surface area contributed by atoms with Gasteiger partial charge in [-0.05, 0) is 12.1 Å². The van der Waals surface area contributed by atoms with E-state index < -0.39 is 5.97 Å². The van der Waals surface area contributed by atoms with E-state index in [0.29, 0.717) is 0 Å². The van der Waals surface area contributed by atoms with Crippen LogP contribution in [0.15, 0.2) is 23.2 Å². The fraction of sp³-hybridized carbons (Fsp3) is 0.300. The van der Waals surface area contributed by atoms with Crippen LogP contribution >= 0.6 is 11.8 Å². The van der Waals surface area contributed by atoms with Crippen LogP contribution in [-0.2, 0) is 4.79 Å². The summed E-state index contributed by atoms with van der Waals surface area (Å²) >= 11 is 1.29. The lowest BCUT2D eigenvalue weighted by molar-refractivity contribution is -0.125. The Labute approximate surface area is 97.5 Å². The predicted molar refractivity (Wildman–Crippen MR) is 60.6 cm³/mol. The molecule has 0 aliphatic heterocycles. The minimum absolute atomic E-state index is 0.0118. The molecule has 0 unspecified atom stereocenters. The molecule has 0 atom stereocenters. The molecule has 0 saturated carbocycles. The first-order chi connectivity index (χ1) is 7.50. The maximum atomic E-state index is 11.3. The molecule has 1 aromatic rings. The summed E-state index contributed by atoms with van der Waals surface area (Å²) < 4.78 is 0. The van der Waals surface area contributed by atoms with Crippen molar-refractivity contribution < 1.29 is 14.7 Å². The van der Waals surface area contributed by atoms with Crippen LogP contribution in [0.1, 0.15) is 10.5 Å². The van der Waals surface area contributed by atoms with Crippen molar-refractivity contribution in [2.45, 2.75) is 4.90 Å². The van der Waals surface area contributed by atoms with Crippen LogP contribution in [0.3, 0.4) is 0 Å². The highest BCUT2D eigenvalue weighted by atomic mass is 32.2. The van der Waals surface area contributed by atoms with Gasteiger partial charge in [0, 0.05) is 25.2 Å². The average molecular weight is 240 g/mol. The van der Waals surface area contributed by atoms with Gasteiger partial charge < -0.3 is 10.0 Å². The molecule has 0 saturated heterocycles. The molecule has 1 amide bonds. The highest BCUT2D eigenvalue weighted by Crippen LogP contribution is 2.18. The number of carboxylic acids is 1. The van der Waals surface area contributed by atoms with E-state index in [-0.39, 0.29) is 17.4 Å². The zero-order chi connectivity index (χ0) is 12.1. The van der Waals surface area contributed by atoms with Gasteiger partial charge in [-0.2, -0.15) is 0 Å². The SMILES string of the molecule is CN(C)C(=O)CSc1ccnc(C(=O)O)c1. The van der Waals surface area contributed by atoms with Crippen LogP contribution in [0.4, 0.5) is 0 Å². The quantitative estimate of drug-likeness (QED) is 0.794. The van der Waals surface area contributed by atoms with Crippen LogP contribution in [0.2, 0.25) is 0 Å². The molecule has 6 heteroatoms. The van der Waals surface area contributed by atoms with Gasteiger partial charge in [0.25, 0.3) is 0 Å². The second kappa shape index (κ2) is 5.50. The van der Waals surface area contributed by atoms with Crippen molar-refractivity contribution in [2.24, 2.45) is 0 Å². The lowest BCUT2D eigenvalue weighted by Gasteiger charge is -2.09. The number of amides is 1. The van der Waals surface area contributed by atoms with Crippen molar-refractivity contribution in [1.29, 1.82) is 0 Å². The Balaban J connectivity index is 2.64. The van der Waals surface area contributed by atoms with Gasteiger partial charge in [-0.25, -0.2) is 9.78 Å². The first-order valence-electron chi connectivity index (χ1n) is 4.53. The number of carboxylic acid groups (broad SMARTS) is 1. The molecule has 0 bridgehead atoms. The monoisotopic (exact) mass is 240 g/mol. The second-order valence-electron chi connectivity index (χ2n) is 3.26. The third kappa shape index (κ3) is 3.54. The van der Waals surface area contributed by atoms with Gasteiger partial charge in [-0.3, -0.25) is 4.79 Å². The molecule has 16 heavy (non-hydrogen) atoms. The van der Waals surface area contributed by atoms with E-state index in [0.717, 1.165) is 4.90 Å². The fourth-order valence-corrected chi connectivity index (χ4v) is 1.79. The fourth-order valence-electron chi connectivity index (χ4n) is 0.892. The minimum atomic E-state index is -1.07. The molecular formula is C10H12N2O3S. The Hall–Kier alpha value is -1.56. The first kappa shape index (κ1) is 12.5. The number of nitrogens with zero attached hydrogens (tertiary/aromatic N) is 2. The summed E-state index contributed by atoms with van der Waals surface area (Å²) in [6.45, 7) is 0. The highest BCUT2D eigenvalue weighted by Gasteiger charge is 2.08. The predicted octanol–water partition coefficient (Wildman–Crippen LogP) is 0.960. The van der Waals surface area contributed by atoms with Gasteiger partial charge in [0.2, 0.25) is 5.91 Å². The number of aromatic nitrogens is 1. The smallest absolute Gasteiger partial charge is 0.354 e. The highest BCUT2D eigenvalue weighted by molar-refractivity contribution is 8.00. The Morgan fingerprint density at radius 3 is 2.75 bits per heavy atom. The van der Waals surface area contributed by atoms with Gasteiger partial charge in [-0.1, -0.05) is 0 Å². The number of thioether (sulfide) groups is 1. The summed E-state index contributed by atoms with van der Waals surface area (Å²) in [5, 5.41) is 8.73. The number of rotatable bonds is 4. The largest absolute Gasteiger partial charge is 0.477 e. The van der Waals surface area contributed by atoms with Crippen molar-refractivity contribution in [3.63, 3.8) is 0 Å². The lowest BCUT2D eigenvalue weighted by Crippen LogP contribution is -2.23. The number of hydrogen-bond acceptors (Lipinski definition) is 4. The molecular weight excluding hydrogens is 228 g/mol. The zero-order valence-electron chi connectivity index (χ0n) is 9.01. The Bertz CT molecular complexity index is 407. The van der Waals surface area contributed by atoms with E-state index in [1.54, 1.807) is 20.2 Å². The van der Waals surface area contributed by atoms with E-state index in [4.69, 9.17) is 5.11 Å². The summed E-state index contributed by atoms with van der Waals surface area (Å²) in [5.74, 6) is -0.795. The number of carbonyl (C=O) groups excluding carboxylic acids is 1. The molecule has 0 aliphatic carbocycles. The summed E-state index contributed by atoms with van der Waals surface area (Å²) in [4.78, 5) is 27.9. The molecule has 0 spiro atoms. The molecule has 0 radical (unpaired) electrons. The van der Waals surface area contributed by atoms with E-state index in [9.17, 15) is 9.59 Å². The third-order valence-corrected chi connectivity index (χ3v) is 2.79. The number of hydrogen-bond donors (Lipinski definition) is 1. The van der Waals surface area contributed by atoms with Gasteiger partial charge in [0.05, 0.1) is 5.75 Å². The van der Waals surface area contributed by atoms with Crippen molar-refractivity contribution >= 4 is 23.6 Å². The standard InChI is InChI=1S/C10H12N2O3S/c1-12(2)9(13)6-16-7-3-4-11-8(5-7)10(14)15/h3-5H,6H2,1-2H3,(H,14,15). The first-order valence-corrected chi connectivity index (χ1v) is 5.51. The molecule has 1 rings (SSSR count). The van der Waals surface area contributed by atoms with Gasteiger partial charge in [0.15, 0.2) is 0 Å². The van der Waals surface area contributed by atoms with E-state index in [2.05, 4.69) is 4.98 Å². The second-order valence-corrected chi connectivity index (χ2v) is 4.31. The molecule has 86 valence electrons. The van der Waals surface area contributed by atoms with Gasteiger partial charge in [0.1, 0.15) is 5.69 Å². The zero-order valence-corrected chi connectivity index (χ0v) is 9.82. The molecule has 0 aromatic carbocycles. The van der Waals surface area contributed by atoms with E-state index >= 15 is 0 Å². The molecule has 0 aliphatic rings. The van der Waals surface area contributed by atoms with Crippen molar-refractivity contribution in [1.82, 2.24) is 9.88 Å². The Morgan fingerprint density at radius 1 is 1.50 bits per heavy atom. The number of carbonyl (C=O) groups is 2. The van der Waals surface area contributed by atoms with E-state index in [1.165, 1.54) is 28.9 Å². The topological polar surface area (TPSA) is 70.5 Å². The summed E-state index contributed by atoms with van der Waals surface area (Å²) in [7, 11) is 3.36. The van der Waals surface area contributed by atoms with Crippen molar-refractivity contribution in [3.05, 3.63) is 24.0 Å².